The number of amides is 1. The van der Waals surface area contributed by atoms with Gasteiger partial charge in [-0.25, -0.2) is 4.39 Å². The predicted molar refractivity (Wildman–Crippen MR) is 66.4 cm³/mol. The first-order valence-electron chi connectivity index (χ1n) is 6.33. The molecule has 18 heavy (non-hydrogen) atoms. The predicted octanol–water partition coefficient (Wildman–Crippen LogP) is 1.54. The molecule has 2 N–H and O–H groups in total. The van der Waals surface area contributed by atoms with Crippen molar-refractivity contribution in [3.05, 3.63) is 29.8 Å². The quantitative estimate of drug-likeness (QED) is 0.834. The molecule has 1 amide bonds. The maximum absolute atomic E-state index is 12.8. The zero-order chi connectivity index (χ0) is 13.0. The van der Waals surface area contributed by atoms with E-state index in [9.17, 15) is 9.18 Å². The van der Waals surface area contributed by atoms with Gasteiger partial charge in [0.05, 0.1) is 11.9 Å². The second-order valence-corrected chi connectivity index (χ2v) is 4.57. The fraction of sp³-hybridized carbons (Fsp3) is 0.538. The third kappa shape index (κ3) is 3.26. The average molecular weight is 251 g/mol. The van der Waals surface area contributed by atoms with Gasteiger partial charge in [-0.2, -0.15) is 0 Å². The van der Waals surface area contributed by atoms with E-state index >= 15 is 0 Å². The van der Waals surface area contributed by atoms with Gasteiger partial charge in [0.25, 0.3) is 0 Å². The normalized spacial score (nSPS) is 20.8. The Hall–Kier alpha value is -1.49. The van der Waals surface area contributed by atoms with Crippen molar-refractivity contribution in [2.45, 2.75) is 38.3 Å². The summed E-state index contributed by atoms with van der Waals surface area (Å²) in [6.07, 6.45) is 3.59. The summed E-state index contributed by atoms with van der Waals surface area (Å²) in [5.41, 5.74) is 0.836. The first kappa shape index (κ1) is 13.0. The van der Waals surface area contributed by atoms with Crippen LogP contribution in [0.2, 0.25) is 0 Å². The third-order valence-electron chi connectivity index (χ3n) is 3.21. The maximum atomic E-state index is 12.8. The molecule has 1 aliphatic rings. The molecule has 0 saturated carbocycles. The summed E-state index contributed by atoms with van der Waals surface area (Å²) in [5, 5.41) is 6.28. The van der Waals surface area contributed by atoms with Crippen LogP contribution < -0.4 is 10.6 Å². The average Bonchev–Trinajstić information content (AvgIpc) is 2.78. The van der Waals surface area contributed by atoms with Crippen LogP contribution in [0, 0.1) is 5.82 Å². The number of pyridine rings is 1. The fourth-order valence-electron chi connectivity index (χ4n) is 2.17. The van der Waals surface area contributed by atoms with Crippen LogP contribution in [0.15, 0.2) is 18.3 Å². The molecule has 1 aliphatic heterocycles. The van der Waals surface area contributed by atoms with E-state index in [2.05, 4.69) is 22.5 Å². The summed E-state index contributed by atoms with van der Waals surface area (Å²) < 4.78 is 12.8. The van der Waals surface area contributed by atoms with Crippen molar-refractivity contribution >= 4 is 5.91 Å². The Morgan fingerprint density at radius 3 is 3.00 bits per heavy atom. The van der Waals surface area contributed by atoms with Crippen LogP contribution in [-0.2, 0) is 4.79 Å². The highest BCUT2D eigenvalue weighted by Crippen LogP contribution is 2.15. The largest absolute Gasteiger partial charge is 0.352 e. The molecule has 4 nitrogen and oxygen atoms in total. The maximum Gasteiger partial charge on any atom is 0.220 e. The SMILES string of the molecule is CCC(NCC1CCC(=O)N1)c1ccc(F)cn1. The van der Waals surface area contributed by atoms with Crippen LogP contribution in [0.4, 0.5) is 4.39 Å². The van der Waals surface area contributed by atoms with Crippen LogP contribution in [0.1, 0.15) is 37.9 Å². The molecule has 0 radical (unpaired) electrons. The minimum Gasteiger partial charge on any atom is -0.352 e. The molecular formula is C13H18FN3O. The minimum absolute atomic E-state index is 0.100. The van der Waals surface area contributed by atoms with E-state index in [0.717, 1.165) is 25.1 Å². The van der Waals surface area contributed by atoms with Gasteiger partial charge < -0.3 is 10.6 Å². The van der Waals surface area contributed by atoms with Crippen molar-refractivity contribution in [3.63, 3.8) is 0 Å². The van der Waals surface area contributed by atoms with Gasteiger partial charge in [0.1, 0.15) is 5.82 Å². The highest BCUT2D eigenvalue weighted by Gasteiger charge is 2.21. The Morgan fingerprint density at radius 2 is 2.44 bits per heavy atom. The Balaban J connectivity index is 1.89. The van der Waals surface area contributed by atoms with E-state index in [0.29, 0.717) is 6.42 Å². The van der Waals surface area contributed by atoms with Gasteiger partial charge in [-0.05, 0) is 25.0 Å². The fourth-order valence-corrected chi connectivity index (χ4v) is 2.17. The van der Waals surface area contributed by atoms with Gasteiger partial charge >= 0.3 is 0 Å². The summed E-state index contributed by atoms with van der Waals surface area (Å²) in [5.74, 6) is -0.202. The van der Waals surface area contributed by atoms with E-state index in [4.69, 9.17) is 0 Å². The molecule has 98 valence electrons. The van der Waals surface area contributed by atoms with Gasteiger partial charge in [-0.1, -0.05) is 6.92 Å². The second kappa shape index (κ2) is 5.91. The number of rotatable bonds is 5. The van der Waals surface area contributed by atoms with Gasteiger partial charge in [-0.3, -0.25) is 9.78 Å². The molecule has 2 heterocycles. The van der Waals surface area contributed by atoms with Crippen molar-refractivity contribution in [3.8, 4) is 0 Å². The molecule has 0 bridgehead atoms. The molecular weight excluding hydrogens is 233 g/mol. The summed E-state index contributed by atoms with van der Waals surface area (Å²) in [4.78, 5) is 15.2. The second-order valence-electron chi connectivity index (χ2n) is 4.57. The Labute approximate surface area is 106 Å². The zero-order valence-corrected chi connectivity index (χ0v) is 10.4. The van der Waals surface area contributed by atoms with Gasteiger partial charge in [0, 0.05) is 25.0 Å². The Kier molecular flexibility index (Phi) is 4.25. The molecule has 2 atom stereocenters. The number of nitrogens with one attached hydrogen (secondary N) is 2. The lowest BCUT2D eigenvalue weighted by atomic mass is 10.1. The molecule has 1 saturated heterocycles. The number of nitrogens with zero attached hydrogens (tertiary/aromatic N) is 1. The van der Waals surface area contributed by atoms with Crippen molar-refractivity contribution < 1.29 is 9.18 Å². The van der Waals surface area contributed by atoms with Crippen LogP contribution in [0.25, 0.3) is 0 Å². The van der Waals surface area contributed by atoms with Gasteiger partial charge in [0.15, 0.2) is 0 Å². The Morgan fingerprint density at radius 1 is 1.61 bits per heavy atom. The minimum atomic E-state index is -0.323. The van der Waals surface area contributed by atoms with Crippen molar-refractivity contribution in [1.82, 2.24) is 15.6 Å². The summed E-state index contributed by atoms with van der Waals surface area (Å²) in [6.45, 7) is 2.78. The Bertz CT molecular complexity index is 407. The van der Waals surface area contributed by atoms with Crippen molar-refractivity contribution in [1.29, 1.82) is 0 Å². The highest BCUT2D eigenvalue weighted by molar-refractivity contribution is 5.78. The van der Waals surface area contributed by atoms with Crippen LogP contribution in [0.3, 0.4) is 0 Å². The lowest BCUT2D eigenvalue weighted by Gasteiger charge is -2.19. The molecule has 2 unspecified atom stereocenters. The molecule has 5 heteroatoms. The van der Waals surface area contributed by atoms with E-state index in [1.165, 1.54) is 12.3 Å². The monoisotopic (exact) mass is 251 g/mol. The van der Waals surface area contributed by atoms with E-state index in [1.807, 2.05) is 0 Å². The van der Waals surface area contributed by atoms with Crippen molar-refractivity contribution in [2.75, 3.05) is 6.54 Å². The first-order valence-corrected chi connectivity index (χ1v) is 6.33. The topological polar surface area (TPSA) is 54.0 Å². The molecule has 0 spiro atoms. The van der Waals surface area contributed by atoms with E-state index in [1.54, 1.807) is 6.07 Å². The number of aromatic nitrogens is 1. The third-order valence-corrected chi connectivity index (χ3v) is 3.21. The summed E-state index contributed by atoms with van der Waals surface area (Å²) in [6, 6.07) is 3.42. The van der Waals surface area contributed by atoms with Crippen LogP contribution >= 0.6 is 0 Å². The number of hydrogen-bond donors (Lipinski definition) is 2. The lowest BCUT2D eigenvalue weighted by molar-refractivity contribution is -0.119. The van der Waals surface area contributed by atoms with Crippen molar-refractivity contribution in [2.24, 2.45) is 0 Å². The van der Waals surface area contributed by atoms with E-state index in [-0.39, 0.29) is 23.8 Å². The summed E-state index contributed by atoms with van der Waals surface area (Å²) >= 11 is 0. The molecule has 1 fully saturated rings. The van der Waals surface area contributed by atoms with Crippen LogP contribution in [-0.4, -0.2) is 23.5 Å². The van der Waals surface area contributed by atoms with Gasteiger partial charge in [0.2, 0.25) is 5.91 Å². The molecule has 0 aliphatic carbocycles. The molecule has 1 aromatic heterocycles. The summed E-state index contributed by atoms with van der Waals surface area (Å²) in [7, 11) is 0. The van der Waals surface area contributed by atoms with Crippen LogP contribution in [0.5, 0.6) is 0 Å². The number of carbonyl (C=O) groups excluding carboxylic acids is 1. The number of halogens is 1. The standard InChI is InChI=1S/C13H18FN3O/c1-2-11(12-5-3-9(14)7-15-12)16-8-10-4-6-13(18)17-10/h3,5,7,10-11,16H,2,4,6,8H2,1H3,(H,17,18). The highest BCUT2D eigenvalue weighted by atomic mass is 19.1. The molecule has 0 aromatic carbocycles. The smallest absolute Gasteiger partial charge is 0.220 e. The van der Waals surface area contributed by atoms with E-state index < -0.39 is 0 Å². The molecule has 1 aromatic rings. The zero-order valence-electron chi connectivity index (χ0n) is 10.4. The molecule has 2 rings (SSSR count). The first-order chi connectivity index (χ1) is 8.69. The number of carbonyl (C=O) groups is 1. The van der Waals surface area contributed by atoms with Gasteiger partial charge in [-0.15, -0.1) is 0 Å². The number of hydrogen-bond acceptors (Lipinski definition) is 3. The lowest BCUT2D eigenvalue weighted by Crippen LogP contribution is -2.37.